The van der Waals surface area contributed by atoms with Crippen LogP contribution in [0.5, 0.6) is 0 Å². The van der Waals surface area contributed by atoms with E-state index in [1.165, 1.54) is 35.6 Å². The van der Waals surface area contributed by atoms with E-state index in [2.05, 4.69) is 20.8 Å². The predicted octanol–water partition coefficient (Wildman–Crippen LogP) is 6.02. The molecule has 0 unspecified atom stereocenters. The smallest absolute Gasteiger partial charge is 0.256 e. The van der Waals surface area contributed by atoms with Crippen molar-refractivity contribution in [2.24, 2.45) is 5.10 Å². The molecule has 0 atom stereocenters. The van der Waals surface area contributed by atoms with Gasteiger partial charge in [0.05, 0.1) is 6.21 Å². The zero-order valence-corrected chi connectivity index (χ0v) is 19.9. The second kappa shape index (κ2) is 10.3. The van der Waals surface area contributed by atoms with Crippen molar-refractivity contribution in [2.45, 2.75) is 6.92 Å². The van der Waals surface area contributed by atoms with Crippen LogP contribution in [0.15, 0.2) is 77.9 Å². The fourth-order valence-corrected chi connectivity index (χ4v) is 3.99. The zero-order chi connectivity index (χ0) is 24.1. The highest BCUT2D eigenvalue weighted by molar-refractivity contribution is 7.20. The van der Waals surface area contributed by atoms with Crippen molar-refractivity contribution in [3.8, 4) is 11.3 Å². The molecule has 2 N–H and O–H groups in total. The molecule has 0 radical (unpaired) electrons. The summed E-state index contributed by atoms with van der Waals surface area (Å²) in [4.78, 5) is 19.4. The highest BCUT2D eigenvalue weighted by atomic mass is 32.1. The van der Waals surface area contributed by atoms with E-state index < -0.39 is 5.82 Å². The molecule has 6 nitrogen and oxygen atoms in total. The maximum atomic E-state index is 13.2. The fraction of sp³-hybridized carbons (Fsp3) is 0.115. The first-order valence-corrected chi connectivity index (χ1v) is 11.4. The minimum atomic E-state index is -0.393. The molecule has 3 aromatic carbocycles. The van der Waals surface area contributed by atoms with Crippen LogP contribution in [0.25, 0.3) is 11.3 Å². The third-order valence-corrected chi connectivity index (χ3v) is 5.94. The van der Waals surface area contributed by atoms with Crippen LogP contribution in [0, 0.1) is 12.7 Å². The second-order valence-electron chi connectivity index (χ2n) is 7.88. The molecule has 4 aromatic rings. The first kappa shape index (κ1) is 23.1. The first-order chi connectivity index (χ1) is 16.4. The van der Waals surface area contributed by atoms with E-state index in [0.29, 0.717) is 21.4 Å². The molecule has 0 fully saturated rings. The van der Waals surface area contributed by atoms with E-state index in [4.69, 9.17) is 0 Å². The first-order valence-electron chi connectivity index (χ1n) is 10.6. The number of aryl methyl sites for hydroxylation is 1. The summed E-state index contributed by atoms with van der Waals surface area (Å²) in [5, 5.41) is 8.31. The molecule has 0 aliphatic rings. The minimum absolute atomic E-state index is 0.340. The average Bonchev–Trinajstić information content (AvgIpc) is 3.22. The molecule has 1 amide bonds. The van der Waals surface area contributed by atoms with Crippen LogP contribution in [0.2, 0.25) is 0 Å². The standard InChI is InChI=1S/C26H24FN5OS/c1-17-4-8-19(9-5-17)23-25(30-24(33)20-10-12-21(27)13-11-20)34-26(29-23)31-28-16-18-6-14-22(15-7-18)32(2)3/h4-16H,1-3H3,(H,29,31)(H,30,33). The van der Waals surface area contributed by atoms with Crippen molar-refractivity contribution in [1.29, 1.82) is 0 Å². The number of benzene rings is 3. The summed E-state index contributed by atoms with van der Waals surface area (Å²) >= 11 is 1.28. The Morgan fingerprint density at radius 3 is 2.32 bits per heavy atom. The molecule has 0 aliphatic heterocycles. The number of nitrogens with one attached hydrogen (secondary N) is 2. The van der Waals surface area contributed by atoms with Crippen LogP contribution in [0.4, 0.5) is 20.2 Å². The van der Waals surface area contributed by atoms with Crippen molar-refractivity contribution in [1.82, 2.24) is 4.98 Å². The number of hydrogen-bond acceptors (Lipinski definition) is 6. The van der Waals surface area contributed by atoms with Gasteiger partial charge in [-0.25, -0.2) is 9.37 Å². The van der Waals surface area contributed by atoms with Crippen molar-refractivity contribution >= 4 is 39.3 Å². The Labute approximate surface area is 201 Å². The largest absolute Gasteiger partial charge is 0.378 e. The number of carbonyl (C=O) groups excluding carboxylic acids is 1. The van der Waals surface area contributed by atoms with E-state index in [1.54, 1.807) is 6.21 Å². The van der Waals surface area contributed by atoms with Crippen LogP contribution in [-0.4, -0.2) is 31.2 Å². The van der Waals surface area contributed by atoms with Gasteiger partial charge in [-0.3, -0.25) is 10.2 Å². The molecule has 4 rings (SSSR count). The summed E-state index contributed by atoms with van der Waals surface area (Å²) in [6.07, 6.45) is 1.71. The molecule has 0 saturated heterocycles. The molecular weight excluding hydrogens is 449 g/mol. The Hall–Kier alpha value is -4.04. The lowest BCUT2D eigenvalue weighted by atomic mass is 10.1. The number of carbonyl (C=O) groups is 1. The SMILES string of the molecule is Cc1ccc(-c2nc(NN=Cc3ccc(N(C)C)cc3)sc2NC(=O)c2ccc(F)cc2)cc1. The van der Waals surface area contributed by atoms with E-state index in [0.717, 1.165) is 22.4 Å². The molecule has 0 bridgehead atoms. The third-order valence-electron chi connectivity index (χ3n) is 5.07. The topological polar surface area (TPSA) is 69.6 Å². The normalized spacial score (nSPS) is 10.9. The van der Waals surface area contributed by atoms with Crippen molar-refractivity contribution < 1.29 is 9.18 Å². The Kier molecular flexibility index (Phi) is 6.98. The molecule has 0 aliphatic carbocycles. The molecule has 0 saturated carbocycles. The van der Waals surface area contributed by atoms with Crippen molar-refractivity contribution in [3.05, 3.63) is 95.3 Å². The van der Waals surface area contributed by atoms with E-state index in [1.807, 2.05) is 74.4 Å². The number of hydrazone groups is 1. The van der Waals surface area contributed by atoms with Gasteiger partial charge in [-0.2, -0.15) is 5.10 Å². The minimum Gasteiger partial charge on any atom is -0.378 e. The fourth-order valence-electron chi connectivity index (χ4n) is 3.16. The number of amides is 1. The number of halogens is 1. The molecule has 34 heavy (non-hydrogen) atoms. The highest BCUT2D eigenvalue weighted by Gasteiger charge is 2.16. The van der Waals surface area contributed by atoms with Crippen LogP contribution in [0.1, 0.15) is 21.5 Å². The summed E-state index contributed by atoms with van der Waals surface area (Å²) in [6, 6.07) is 21.3. The van der Waals surface area contributed by atoms with E-state index in [-0.39, 0.29) is 5.91 Å². The molecule has 0 spiro atoms. The number of hydrogen-bond donors (Lipinski definition) is 2. The Morgan fingerprint density at radius 1 is 1.00 bits per heavy atom. The molecule has 1 aromatic heterocycles. The predicted molar refractivity (Wildman–Crippen MR) is 139 cm³/mol. The molecule has 172 valence electrons. The average molecular weight is 474 g/mol. The summed E-state index contributed by atoms with van der Waals surface area (Å²) < 4.78 is 13.2. The van der Waals surface area contributed by atoms with Gasteiger partial charge in [0.2, 0.25) is 5.13 Å². The number of anilines is 3. The van der Waals surface area contributed by atoms with Crippen LogP contribution in [-0.2, 0) is 0 Å². The zero-order valence-electron chi connectivity index (χ0n) is 19.0. The molecule has 1 heterocycles. The quantitative estimate of drug-likeness (QED) is 0.254. The molecular formula is C26H24FN5OS. The van der Waals surface area contributed by atoms with Crippen molar-refractivity contribution in [2.75, 3.05) is 29.7 Å². The van der Waals surface area contributed by atoms with Crippen molar-refractivity contribution in [3.63, 3.8) is 0 Å². The lowest BCUT2D eigenvalue weighted by molar-refractivity contribution is 0.102. The van der Waals surface area contributed by atoms with Gasteiger partial charge in [-0.1, -0.05) is 53.3 Å². The maximum absolute atomic E-state index is 13.2. The summed E-state index contributed by atoms with van der Waals surface area (Å²) in [6.45, 7) is 2.01. The second-order valence-corrected chi connectivity index (χ2v) is 8.88. The Balaban J connectivity index is 1.56. The van der Waals surface area contributed by atoms with Crippen LogP contribution >= 0.6 is 11.3 Å². The van der Waals surface area contributed by atoms with Gasteiger partial charge in [0, 0.05) is 30.9 Å². The highest BCUT2D eigenvalue weighted by Crippen LogP contribution is 2.36. The Morgan fingerprint density at radius 2 is 1.68 bits per heavy atom. The maximum Gasteiger partial charge on any atom is 0.256 e. The monoisotopic (exact) mass is 473 g/mol. The van der Waals surface area contributed by atoms with E-state index in [9.17, 15) is 9.18 Å². The number of rotatable bonds is 7. The summed E-state index contributed by atoms with van der Waals surface area (Å²) in [5.74, 6) is -0.733. The van der Waals surface area contributed by atoms with Gasteiger partial charge in [-0.15, -0.1) is 0 Å². The van der Waals surface area contributed by atoms with Crippen LogP contribution < -0.4 is 15.6 Å². The summed E-state index contributed by atoms with van der Waals surface area (Å²) in [7, 11) is 3.98. The molecule has 8 heteroatoms. The van der Waals surface area contributed by atoms with Crippen LogP contribution in [0.3, 0.4) is 0 Å². The number of thiazole rings is 1. The van der Waals surface area contributed by atoms with E-state index >= 15 is 0 Å². The lowest BCUT2D eigenvalue weighted by Crippen LogP contribution is -2.11. The number of nitrogens with zero attached hydrogens (tertiary/aromatic N) is 3. The van der Waals surface area contributed by atoms with Gasteiger partial charge >= 0.3 is 0 Å². The van der Waals surface area contributed by atoms with Gasteiger partial charge in [0.15, 0.2) is 0 Å². The van der Waals surface area contributed by atoms with Gasteiger partial charge in [-0.05, 0) is 48.9 Å². The van der Waals surface area contributed by atoms with Gasteiger partial charge in [0.1, 0.15) is 16.5 Å². The van der Waals surface area contributed by atoms with Gasteiger partial charge in [0.25, 0.3) is 5.91 Å². The van der Waals surface area contributed by atoms with Gasteiger partial charge < -0.3 is 10.2 Å². The lowest BCUT2D eigenvalue weighted by Gasteiger charge is -2.11. The Bertz CT molecular complexity index is 1300. The number of aromatic nitrogens is 1. The summed E-state index contributed by atoms with van der Waals surface area (Å²) in [5.41, 5.74) is 7.99. The third kappa shape index (κ3) is 5.65.